The highest BCUT2D eigenvalue weighted by molar-refractivity contribution is 5.78. The van der Waals surface area contributed by atoms with Gasteiger partial charge in [0.15, 0.2) is 17.5 Å². The molecule has 0 bridgehead atoms. The highest BCUT2D eigenvalue weighted by Crippen LogP contribution is 2.49. The average molecular weight is 367 g/mol. The first kappa shape index (κ1) is 19.1. The summed E-state index contributed by atoms with van der Waals surface area (Å²) in [6.45, 7) is 3.64. The molecule has 0 unspecified atom stereocenters. The summed E-state index contributed by atoms with van der Waals surface area (Å²) >= 11 is 0. The molecule has 0 aromatic heterocycles. The number of nitrogens with two attached hydrogens (primary N) is 1. The van der Waals surface area contributed by atoms with Crippen LogP contribution >= 0.6 is 0 Å². The van der Waals surface area contributed by atoms with Gasteiger partial charge in [0.1, 0.15) is 0 Å². The number of rotatable bonds is 8. The first-order chi connectivity index (χ1) is 13.1. The summed E-state index contributed by atoms with van der Waals surface area (Å²) in [5, 5.41) is 3.22. The summed E-state index contributed by atoms with van der Waals surface area (Å²) in [7, 11) is 3.28. The van der Waals surface area contributed by atoms with E-state index in [0.717, 1.165) is 36.6 Å². The zero-order valence-electron chi connectivity index (χ0n) is 16.4. The number of aliphatic imine (C=N–C) groups is 1. The molecule has 0 saturated heterocycles. The van der Waals surface area contributed by atoms with Gasteiger partial charge >= 0.3 is 0 Å². The van der Waals surface area contributed by atoms with E-state index in [1.165, 1.54) is 24.0 Å². The molecule has 1 saturated carbocycles. The van der Waals surface area contributed by atoms with Crippen molar-refractivity contribution < 1.29 is 9.47 Å². The van der Waals surface area contributed by atoms with Gasteiger partial charge in [-0.05, 0) is 55.0 Å². The van der Waals surface area contributed by atoms with Crippen LogP contribution in [0.4, 0.5) is 0 Å². The molecule has 3 rings (SSSR count). The Bertz CT molecular complexity index is 813. The van der Waals surface area contributed by atoms with E-state index in [2.05, 4.69) is 41.5 Å². The van der Waals surface area contributed by atoms with E-state index >= 15 is 0 Å². The number of hydrogen-bond donors (Lipinski definition) is 2. The number of nitrogens with zero attached hydrogens (tertiary/aromatic N) is 1. The van der Waals surface area contributed by atoms with Gasteiger partial charge in [-0.15, -0.1) is 0 Å². The van der Waals surface area contributed by atoms with Crippen LogP contribution in [0.25, 0.3) is 0 Å². The molecule has 2 aromatic rings. The van der Waals surface area contributed by atoms with Crippen molar-refractivity contribution in [1.29, 1.82) is 0 Å². The SMILES string of the molecule is COc1ccc(CCNC(N)=NCC2(c3ccccc3C)CC2)cc1OC. The van der Waals surface area contributed by atoms with Gasteiger partial charge in [0, 0.05) is 12.0 Å². The van der Waals surface area contributed by atoms with E-state index in [9.17, 15) is 0 Å². The minimum absolute atomic E-state index is 0.182. The maximum absolute atomic E-state index is 6.08. The van der Waals surface area contributed by atoms with Crippen molar-refractivity contribution in [2.45, 2.75) is 31.6 Å². The van der Waals surface area contributed by atoms with Crippen molar-refractivity contribution in [1.82, 2.24) is 5.32 Å². The molecule has 0 atom stereocenters. The van der Waals surface area contributed by atoms with Crippen LogP contribution in [0.1, 0.15) is 29.5 Å². The Morgan fingerprint density at radius 1 is 1.11 bits per heavy atom. The first-order valence-corrected chi connectivity index (χ1v) is 9.39. The van der Waals surface area contributed by atoms with Crippen LogP contribution in [0.15, 0.2) is 47.5 Å². The highest BCUT2D eigenvalue weighted by Gasteiger charge is 2.44. The summed E-state index contributed by atoms with van der Waals surface area (Å²) in [6.07, 6.45) is 3.19. The van der Waals surface area contributed by atoms with Crippen LogP contribution in [0.3, 0.4) is 0 Å². The normalized spacial score (nSPS) is 15.3. The standard InChI is InChI=1S/C22H29N3O2/c1-16-6-4-5-7-18(16)22(11-12-22)15-25-21(23)24-13-10-17-8-9-19(26-2)20(14-17)27-3/h4-9,14H,10-13,15H2,1-3H3,(H3,23,24,25). The van der Waals surface area contributed by atoms with E-state index in [-0.39, 0.29) is 5.41 Å². The zero-order valence-corrected chi connectivity index (χ0v) is 16.4. The Kier molecular flexibility index (Phi) is 5.89. The lowest BCUT2D eigenvalue weighted by molar-refractivity contribution is 0.354. The van der Waals surface area contributed by atoms with E-state index in [0.29, 0.717) is 5.96 Å². The van der Waals surface area contributed by atoms with Crippen LogP contribution in [0.5, 0.6) is 11.5 Å². The molecule has 1 aliphatic rings. The van der Waals surface area contributed by atoms with Crippen molar-refractivity contribution >= 4 is 5.96 Å². The molecule has 5 nitrogen and oxygen atoms in total. The monoisotopic (exact) mass is 367 g/mol. The van der Waals surface area contributed by atoms with Gasteiger partial charge in [0.05, 0.1) is 20.8 Å². The Morgan fingerprint density at radius 3 is 2.52 bits per heavy atom. The fourth-order valence-electron chi connectivity index (χ4n) is 3.49. The largest absolute Gasteiger partial charge is 0.493 e. The number of hydrogen-bond acceptors (Lipinski definition) is 3. The van der Waals surface area contributed by atoms with Gasteiger partial charge in [-0.3, -0.25) is 4.99 Å². The van der Waals surface area contributed by atoms with Crippen LogP contribution in [0, 0.1) is 6.92 Å². The molecule has 0 spiro atoms. The molecular weight excluding hydrogens is 338 g/mol. The third-order valence-electron chi connectivity index (χ3n) is 5.29. The smallest absolute Gasteiger partial charge is 0.188 e. The molecule has 3 N–H and O–H groups in total. The third kappa shape index (κ3) is 4.54. The lowest BCUT2D eigenvalue weighted by Gasteiger charge is -2.16. The van der Waals surface area contributed by atoms with Crippen molar-refractivity contribution in [3.05, 3.63) is 59.2 Å². The van der Waals surface area contributed by atoms with Gasteiger partial charge in [0.2, 0.25) is 0 Å². The van der Waals surface area contributed by atoms with Crippen molar-refractivity contribution in [2.24, 2.45) is 10.7 Å². The Balaban J connectivity index is 1.53. The van der Waals surface area contributed by atoms with Crippen LogP contribution in [0.2, 0.25) is 0 Å². The molecule has 0 amide bonds. The van der Waals surface area contributed by atoms with Crippen LogP contribution in [-0.4, -0.2) is 33.3 Å². The van der Waals surface area contributed by atoms with Crippen LogP contribution in [-0.2, 0) is 11.8 Å². The second kappa shape index (κ2) is 8.33. The number of nitrogens with one attached hydrogen (secondary N) is 1. The van der Waals surface area contributed by atoms with Gasteiger partial charge < -0.3 is 20.5 Å². The number of methoxy groups -OCH3 is 2. The summed E-state index contributed by atoms with van der Waals surface area (Å²) in [5.74, 6) is 1.99. The van der Waals surface area contributed by atoms with Crippen molar-refractivity contribution in [3.63, 3.8) is 0 Å². The van der Waals surface area contributed by atoms with E-state index in [1.807, 2.05) is 18.2 Å². The quantitative estimate of drug-likeness (QED) is 0.555. The lowest BCUT2D eigenvalue weighted by atomic mass is 9.92. The van der Waals surface area contributed by atoms with Crippen LogP contribution < -0.4 is 20.5 Å². The maximum Gasteiger partial charge on any atom is 0.188 e. The maximum atomic E-state index is 6.08. The highest BCUT2D eigenvalue weighted by atomic mass is 16.5. The van der Waals surface area contributed by atoms with Gasteiger partial charge in [0.25, 0.3) is 0 Å². The van der Waals surface area contributed by atoms with Gasteiger partial charge in [-0.1, -0.05) is 30.3 Å². The second-order valence-electron chi connectivity index (χ2n) is 7.16. The number of benzene rings is 2. The predicted molar refractivity (Wildman–Crippen MR) is 110 cm³/mol. The Morgan fingerprint density at radius 2 is 1.85 bits per heavy atom. The van der Waals surface area contributed by atoms with Gasteiger partial charge in [-0.25, -0.2) is 0 Å². The molecule has 27 heavy (non-hydrogen) atoms. The summed E-state index contributed by atoms with van der Waals surface area (Å²) in [6, 6.07) is 14.5. The first-order valence-electron chi connectivity index (χ1n) is 9.39. The molecule has 0 heterocycles. The number of aryl methyl sites for hydroxylation is 1. The number of ether oxygens (including phenoxy) is 2. The summed E-state index contributed by atoms with van der Waals surface area (Å²) in [4.78, 5) is 4.61. The molecule has 5 heteroatoms. The molecular formula is C22H29N3O2. The average Bonchev–Trinajstić information content (AvgIpc) is 3.47. The fourth-order valence-corrected chi connectivity index (χ4v) is 3.49. The number of guanidine groups is 1. The van der Waals surface area contributed by atoms with Crippen molar-refractivity contribution in [2.75, 3.05) is 27.3 Å². The van der Waals surface area contributed by atoms with Gasteiger partial charge in [-0.2, -0.15) is 0 Å². The predicted octanol–water partition coefficient (Wildman–Crippen LogP) is 3.19. The molecule has 0 radical (unpaired) electrons. The Hall–Kier alpha value is -2.69. The molecule has 144 valence electrons. The minimum Gasteiger partial charge on any atom is -0.493 e. The van der Waals surface area contributed by atoms with E-state index < -0.39 is 0 Å². The zero-order chi connectivity index (χ0) is 19.3. The molecule has 1 aliphatic carbocycles. The minimum atomic E-state index is 0.182. The lowest BCUT2D eigenvalue weighted by Crippen LogP contribution is -2.34. The molecule has 2 aromatic carbocycles. The summed E-state index contributed by atoms with van der Waals surface area (Å²) in [5.41, 5.74) is 10.2. The third-order valence-corrected chi connectivity index (χ3v) is 5.29. The second-order valence-corrected chi connectivity index (χ2v) is 7.16. The van der Waals surface area contributed by atoms with E-state index in [1.54, 1.807) is 14.2 Å². The van der Waals surface area contributed by atoms with Crippen molar-refractivity contribution in [3.8, 4) is 11.5 Å². The topological polar surface area (TPSA) is 68.9 Å². The van der Waals surface area contributed by atoms with E-state index in [4.69, 9.17) is 15.2 Å². The fraction of sp³-hybridized carbons (Fsp3) is 0.409. The molecule has 1 fully saturated rings. The summed E-state index contributed by atoms with van der Waals surface area (Å²) < 4.78 is 10.6. The molecule has 0 aliphatic heterocycles. The Labute approximate surface area is 161 Å².